The Labute approximate surface area is 139 Å². The number of ether oxygens (including phenoxy) is 1. The molecule has 0 aliphatic rings. The normalized spacial score (nSPS) is 11.6. The number of rotatable bonds is 8. The summed E-state index contributed by atoms with van der Waals surface area (Å²) >= 11 is 0. The highest BCUT2D eigenvalue weighted by Gasteiger charge is 2.31. The zero-order valence-corrected chi connectivity index (χ0v) is 13.8. The van der Waals surface area contributed by atoms with Gasteiger partial charge in [0, 0.05) is 38.7 Å². The summed E-state index contributed by atoms with van der Waals surface area (Å²) < 4.78 is 31.9. The van der Waals surface area contributed by atoms with Crippen molar-refractivity contribution in [1.29, 1.82) is 0 Å². The molecule has 24 heavy (non-hydrogen) atoms. The fourth-order valence-electron chi connectivity index (χ4n) is 2.14. The van der Waals surface area contributed by atoms with E-state index in [4.69, 9.17) is 4.74 Å². The number of nitrogens with zero attached hydrogens (tertiary/aromatic N) is 3. The van der Waals surface area contributed by atoms with E-state index < -0.39 is 20.6 Å². The molecule has 0 radical (unpaired) electrons. The first-order chi connectivity index (χ1) is 11.5. The van der Waals surface area contributed by atoms with Gasteiger partial charge in [0.1, 0.15) is 0 Å². The average Bonchev–Trinajstić information content (AvgIpc) is 2.59. The van der Waals surface area contributed by atoms with Gasteiger partial charge in [-0.2, -0.15) is 4.31 Å². The van der Waals surface area contributed by atoms with Gasteiger partial charge in [-0.15, -0.1) is 0 Å². The third-order valence-electron chi connectivity index (χ3n) is 3.31. The van der Waals surface area contributed by atoms with E-state index in [1.54, 1.807) is 24.5 Å². The number of para-hydroxylation sites is 1. The Kier molecular flexibility index (Phi) is 5.96. The molecule has 0 amide bonds. The van der Waals surface area contributed by atoms with E-state index in [1.165, 1.54) is 31.4 Å². The average molecular weight is 351 g/mol. The van der Waals surface area contributed by atoms with Gasteiger partial charge < -0.3 is 4.74 Å². The molecular weight excluding hydrogens is 334 g/mol. The van der Waals surface area contributed by atoms with E-state index in [0.29, 0.717) is 5.56 Å². The van der Waals surface area contributed by atoms with E-state index in [2.05, 4.69) is 4.98 Å². The molecule has 1 aromatic heterocycles. The van der Waals surface area contributed by atoms with Crippen LogP contribution < -0.4 is 0 Å². The highest BCUT2D eigenvalue weighted by atomic mass is 32.2. The molecule has 1 heterocycles. The summed E-state index contributed by atoms with van der Waals surface area (Å²) in [5, 5.41) is 11.2. The third-order valence-corrected chi connectivity index (χ3v) is 5.20. The van der Waals surface area contributed by atoms with Crippen molar-refractivity contribution in [2.45, 2.75) is 11.4 Å². The lowest BCUT2D eigenvalue weighted by atomic mass is 10.3. The summed E-state index contributed by atoms with van der Waals surface area (Å²) in [5.41, 5.74) is 0.224. The number of nitro benzene ring substituents is 1. The molecule has 0 bridgehead atoms. The molecule has 0 aliphatic carbocycles. The lowest BCUT2D eigenvalue weighted by Gasteiger charge is -2.21. The summed E-state index contributed by atoms with van der Waals surface area (Å²) in [5.74, 6) is 0. The molecule has 0 N–H and O–H groups in total. The van der Waals surface area contributed by atoms with Crippen molar-refractivity contribution in [2.75, 3.05) is 20.3 Å². The number of hydrogen-bond acceptors (Lipinski definition) is 6. The van der Waals surface area contributed by atoms with Gasteiger partial charge in [-0.1, -0.05) is 18.2 Å². The number of nitro groups is 1. The quantitative estimate of drug-likeness (QED) is 0.531. The van der Waals surface area contributed by atoms with Crippen LogP contribution in [0.4, 0.5) is 5.69 Å². The maximum absolute atomic E-state index is 12.9. The van der Waals surface area contributed by atoms with Crippen LogP contribution in [0.15, 0.2) is 53.7 Å². The molecule has 9 heteroatoms. The first-order valence-corrected chi connectivity index (χ1v) is 8.52. The van der Waals surface area contributed by atoms with Crippen LogP contribution in [-0.4, -0.2) is 42.9 Å². The number of sulfonamides is 1. The predicted molar refractivity (Wildman–Crippen MR) is 86.8 cm³/mol. The molecule has 0 unspecified atom stereocenters. The highest BCUT2D eigenvalue weighted by Crippen LogP contribution is 2.27. The molecular formula is C15H17N3O5S. The third kappa shape index (κ3) is 4.13. The molecule has 0 saturated carbocycles. The first-order valence-electron chi connectivity index (χ1n) is 7.08. The van der Waals surface area contributed by atoms with Crippen molar-refractivity contribution in [1.82, 2.24) is 9.29 Å². The van der Waals surface area contributed by atoms with Gasteiger partial charge in [-0.3, -0.25) is 15.1 Å². The van der Waals surface area contributed by atoms with E-state index in [9.17, 15) is 18.5 Å². The number of aromatic nitrogens is 1. The largest absolute Gasteiger partial charge is 0.383 e. The minimum atomic E-state index is -4.06. The van der Waals surface area contributed by atoms with Crippen molar-refractivity contribution >= 4 is 15.7 Å². The minimum absolute atomic E-state index is 0.0472. The van der Waals surface area contributed by atoms with Crippen LogP contribution in [0, 0.1) is 10.1 Å². The molecule has 2 rings (SSSR count). The Hall–Kier alpha value is -2.36. The fourth-order valence-corrected chi connectivity index (χ4v) is 3.71. The minimum Gasteiger partial charge on any atom is -0.383 e. The van der Waals surface area contributed by atoms with Crippen molar-refractivity contribution < 1.29 is 18.1 Å². The topological polar surface area (TPSA) is 103 Å². The number of benzene rings is 1. The van der Waals surface area contributed by atoms with Gasteiger partial charge in [0.15, 0.2) is 4.90 Å². The standard InChI is InChI=1S/C15H17N3O5S/c1-23-10-9-17(12-13-5-4-8-16-11-13)24(21,22)15-7-3-2-6-14(15)18(19)20/h2-8,11H,9-10,12H2,1H3. The summed E-state index contributed by atoms with van der Waals surface area (Å²) in [6.07, 6.45) is 3.13. The van der Waals surface area contributed by atoms with Gasteiger partial charge in [-0.05, 0) is 17.7 Å². The zero-order valence-electron chi connectivity index (χ0n) is 13.0. The molecule has 0 aliphatic heterocycles. The Morgan fingerprint density at radius 2 is 2.00 bits per heavy atom. The summed E-state index contributed by atoms with van der Waals surface area (Å²) in [4.78, 5) is 14.1. The summed E-state index contributed by atoms with van der Waals surface area (Å²) in [6, 6.07) is 8.72. The number of methoxy groups -OCH3 is 1. The highest BCUT2D eigenvalue weighted by molar-refractivity contribution is 7.89. The van der Waals surface area contributed by atoms with Gasteiger partial charge in [-0.25, -0.2) is 8.42 Å². The summed E-state index contributed by atoms with van der Waals surface area (Å²) in [6.45, 7) is 0.283. The molecule has 0 fully saturated rings. The second-order valence-corrected chi connectivity index (χ2v) is 6.82. The van der Waals surface area contributed by atoms with Gasteiger partial charge in [0.05, 0.1) is 11.5 Å². The predicted octanol–water partition coefficient (Wildman–Crippen LogP) is 1.83. The Bertz CT molecular complexity index is 796. The Morgan fingerprint density at radius 3 is 2.62 bits per heavy atom. The second kappa shape index (κ2) is 7.95. The molecule has 8 nitrogen and oxygen atoms in total. The second-order valence-electron chi connectivity index (χ2n) is 4.92. The molecule has 0 atom stereocenters. The van der Waals surface area contributed by atoms with Crippen molar-refractivity contribution in [3.8, 4) is 0 Å². The maximum atomic E-state index is 12.9. The smallest absolute Gasteiger partial charge is 0.289 e. The van der Waals surface area contributed by atoms with Crippen LogP contribution in [0.2, 0.25) is 0 Å². The van der Waals surface area contributed by atoms with Crippen molar-refractivity contribution in [3.05, 3.63) is 64.5 Å². The van der Waals surface area contributed by atoms with E-state index in [0.717, 1.165) is 4.31 Å². The Balaban J connectivity index is 2.42. The van der Waals surface area contributed by atoms with Crippen LogP contribution in [0.5, 0.6) is 0 Å². The van der Waals surface area contributed by atoms with Crippen LogP contribution in [0.25, 0.3) is 0 Å². The van der Waals surface area contributed by atoms with Crippen molar-refractivity contribution in [3.63, 3.8) is 0 Å². The molecule has 0 saturated heterocycles. The van der Waals surface area contributed by atoms with E-state index in [1.807, 2.05) is 0 Å². The SMILES string of the molecule is COCCN(Cc1cccnc1)S(=O)(=O)c1ccccc1[N+](=O)[O-]. The van der Waals surface area contributed by atoms with Gasteiger partial charge >= 0.3 is 0 Å². The van der Waals surface area contributed by atoms with Crippen LogP contribution in [0.1, 0.15) is 5.56 Å². The van der Waals surface area contributed by atoms with Gasteiger partial charge in [0.2, 0.25) is 10.0 Å². The van der Waals surface area contributed by atoms with Gasteiger partial charge in [0.25, 0.3) is 5.69 Å². The fraction of sp³-hybridized carbons (Fsp3) is 0.267. The number of hydrogen-bond donors (Lipinski definition) is 0. The van der Waals surface area contributed by atoms with E-state index >= 15 is 0 Å². The van der Waals surface area contributed by atoms with E-state index in [-0.39, 0.29) is 24.6 Å². The zero-order chi connectivity index (χ0) is 17.6. The lowest BCUT2D eigenvalue weighted by Crippen LogP contribution is -2.34. The van der Waals surface area contributed by atoms with Crippen LogP contribution >= 0.6 is 0 Å². The maximum Gasteiger partial charge on any atom is 0.289 e. The van der Waals surface area contributed by atoms with Crippen LogP contribution in [-0.2, 0) is 21.3 Å². The monoisotopic (exact) mass is 351 g/mol. The molecule has 1 aromatic carbocycles. The van der Waals surface area contributed by atoms with Crippen LogP contribution in [0.3, 0.4) is 0 Å². The van der Waals surface area contributed by atoms with Crippen molar-refractivity contribution in [2.24, 2.45) is 0 Å². The first kappa shape index (κ1) is 18.0. The molecule has 0 spiro atoms. The number of pyridine rings is 1. The molecule has 2 aromatic rings. The lowest BCUT2D eigenvalue weighted by molar-refractivity contribution is -0.387. The Morgan fingerprint density at radius 1 is 1.25 bits per heavy atom. The molecule has 128 valence electrons. The summed E-state index contributed by atoms with van der Waals surface area (Å²) in [7, 11) is -2.61.